The van der Waals surface area contributed by atoms with E-state index in [1.165, 1.54) is 0 Å². The van der Waals surface area contributed by atoms with Crippen molar-refractivity contribution in [2.24, 2.45) is 0 Å². The van der Waals surface area contributed by atoms with Gasteiger partial charge in [0, 0.05) is 29.1 Å². The molecule has 0 aliphatic carbocycles. The number of nitrogen functional groups attached to an aromatic ring is 1. The second-order valence-corrected chi connectivity index (χ2v) is 3.41. The molecule has 1 aromatic carbocycles. The first-order chi connectivity index (χ1) is 8.24. The maximum Gasteiger partial charge on any atom is 0.219 e. The fourth-order valence-electron chi connectivity index (χ4n) is 1.50. The molecule has 0 bridgehead atoms. The number of benzene rings is 1. The van der Waals surface area contributed by atoms with Gasteiger partial charge in [-0.2, -0.15) is 0 Å². The van der Waals surface area contributed by atoms with Gasteiger partial charge in [0.2, 0.25) is 5.95 Å². The Morgan fingerprint density at radius 1 is 1.29 bits per heavy atom. The number of ether oxygens (including phenoxy) is 1. The molecule has 17 heavy (non-hydrogen) atoms. The van der Waals surface area contributed by atoms with Crippen LogP contribution in [0.15, 0.2) is 30.6 Å². The zero-order valence-corrected chi connectivity index (χ0v) is 9.25. The molecule has 0 aliphatic heterocycles. The standard InChI is InChI=1S/C12H11N3O2/c1-17-11-3-2-8(7-16)4-10(11)9-5-14-12(13)15-6-9/h2-7H,1H3,(H2,13,14,15). The normalized spacial score (nSPS) is 9.94. The number of methoxy groups -OCH3 is 1. The second-order valence-electron chi connectivity index (χ2n) is 3.41. The monoisotopic (exact) mass is 229 g/mol. The molecular weight excluding hydrogens is 218 g/mol. The lowest BCUT2D eigenvalue weighted by Crippen LogP contribution is -1.95. The molecule has 0 saturated carbocycles. The Kier molecular flexibility index (Phi) is 3.00. The lowest BCUT2D eigenvalue weighted by Gasteiger charge is -2.08. The molecule has 0 saturated heterocycles. The lowest BCUT2D eigenvalue weighted by atomic mass is 10.1. The molecule has 0 spiro atoms. The number of rotatable bonds is 3. The van der Waals surface area contributed by atoms with Crippen LogP contribution in [0.5, 0.6) is 5.75 Å². The Morgan fingerprint density at radius 3 is 2.59 bits per heavy atom. The van der Waals surface area contributed by atoms with Gasteiger partial charge < -0.3 is 10.5 Å². The molecule has 0 unspecified atom stereocenters. The smallest absolute Gasteiger partial charge is 0.219 e. The number of aldehydes is 1. The van der Waals surface area contributed by atoms with Crippen molar-refractivity contribution in [1.29, 1.82) is 0 Å². The van der Waals surface area contributed by atoms with E-state index < -0.39 is 0 Å². The van der Waals surface area contributed by atoms with Gasteiger partial charge in [0.1, 0.15) is 12.0 Å². The topological polar surface area (TPSA) is 78.1 Å². The van der Waals surface area contributed by atoms with Crippen molar-refractivity contribution in [3.05, 3.63) is 36.2 Å². The van der Waals surface area contributed by atoms with Gasteiger partial charge in [0.15, 0.2) is 0 Å². The van der Waals surface area contributed by atoms with Gasteiger partial charge in [-0.3, -0.25) is 4.79 Å². The maximum atomic E-state index is 10.8. The fraction of sp³-hybridized carbons (Fsp3) is 0.0833. The number of aromatic nitrogens is 2. The van der Waals surface area contributed by atoms with Gasteiger partial charge in [-0.15, -0.1) is 0 Å². The van der Waals surface area contributed by atoms with Crippen LogP contribution >= 0.6 is 0 Å². The van der Waals surface area contributed by atoms with Crippen LogP contribution in [0.2, 0.25) is 0 Å². The van der Waals surface area contributed by atoms with Gasteiger partial charge in [-0.25, -0.2) is 9.97 Å². The van der Waals surface area contributed by atoms with Crippen LogP contribution < -0.4 is 10.5 Å². The van der Waals surface area contributed by atoms with Crippen molar-refractivity contribution < 1.29 is 9.53 Å². The summed E-state index contributed by atoms with van der Waals surface area (Å²) in [7, 11) is 1.57. The Bertz CT molecular complexity index is 538. The van der Waals surface area contributed by atoms with E-state index in [0.29, 0.717) is 11.3 Å². The highest BCUT2D eigenvalue weighted by molar-refractivity contribution is 5.81. The van der Waals surface area contributed by atoms with E-state index in [9.17, 15) is 4.79 Å². The van der Waals surface area contributed by atoms with Crippen molar-refractivity contribution in [2.75, 3.05) is 12.8 Å². The SMILES string of the molecule is COc1ccc(C=O)cc1-c1cnc(N)nc1. The van der Waals surface area contributed by atoms with E-state index in [4.69, 9.17) is 10.5 Å². The van der Waals surface area contributed by atoms with Gasteiger partial charge in [-0.1, -0.05) is 0 Å². The molecule has 2 N–H and O–H groups in total. The van der Waals surface area contributed by atoms with Gasteiger partial charge >= 0.3 is 0 Å². The second kappa shape index (κ2) is 4.61. The van der Waals surface area contributed by atoms with E-state index in [1.807, 2.05) is 0 Å². The molecule has 1 aromatic heterocycles. The van der Waals surface area contributed by atoms with Crippen molar-refractivity contribution in [1.82, 2.24) is 9.97 Å². The molecule has 0 fully saturated rings. The summed E-state index contributed by atoms with van der Waals surface area (Å²) in [5.41, 5.74) is 7.50. The summed E-state index contributed by atoms with van der Waals surface area (Å²) in [4.78, 5) is 18.6. The minimum absolute atomic E-state index is 0.208. The van der Waals surface area contributed by atoms with E-state index in [2.05, 4.69) is 9.97 Å². The predicted octanol–water partition coefficient (Wildman–Crippen LogP) is 1.55. The molecule has 2 aromatic rings. The predicted molar refractivity (Wildman–Crippen MR) is 63.8 cm³/mol. The zero-order chi connectivity index (χ0) is 12.3. The van der Waals surface area contributed by atoms with Gasteiger partial charge in [-0.05, 0) is 18.2 Å². The average Bonchev–Trinajstić information content (AvgIpc) is 2.39. The highest BCUT2D eigenvalue weighted by Crippen LogP contribution is 2.29. The Labute approximate surface area is 98.3 Å². The number of hydrogen-bond acceptors (Lipinski definition) is 5. The first-order valence-corrected chi connectivity index (χ1v) is 4.95. The summed E-state index contributed by atoms with van der Waals surface area (Å²) < 4.78 is 5.23. The fourth-order valence-corrected chi connectivity index (χ4v) is 1.50. The molecule has 5 nitrogen and oxygen atoms in total. The highest BCUT2D eigenvalue weighted by atomic mass is 16.5. The van der Waals surface area contributed by atoms with Crippen LogP contribution in [0.25, 0.3) is 11.1 Å². The van der Waals surface area contributed by atoms with E-state index >= 15 is 0 Å². The minimum atomic E-state index is 0.208. The van der Waals surface area contributed by atoms with Crippen molar-refractivity contribution in [3.63, 3.8) is 0 Å². The molecule has 1 heterocycles. The molecule has 2 rings (SSSR count). The Balaban J connectivity index is 2.55. The van der Waals surface area contributed by atoms with E-state index in [1.54, 1.807) is 37.7 Å². The third-order valence-electron chi connectivity index (χ3n) is 2.34. The molecular formula is C12H11N3O2. The highest BCUT2D eigenvalue weighted by Gasteiger charge is 2.07. The van der Waals surface area contributed by atoms with E-state index in [-0.39, 0.29) is 5.95 Å². The summed E-state index contributed by atoms with van der Waals surface area (Å²) in [6.45, 7) is 0. The number of hydrogen-bond donors (Lipinski definition) is 1. The number of carbonyl (C=O) groups excluding carboxylic acids is 1. The van der Waals surface area contributed by atoms with Crippen molar-refractivity contribution in [2.45, 2.75) is 0 Å². The van der Waals surface area contributed by atoms with Crippen molar-refractivity contribution >= 4 is 12.2 Å². The average molecular weight is 229 g/mol. The molecule has 0 aliphatic rings. The third kappa shape index (κ3) is 2.23. The third-order valence-corrected chi connectivity index (χ3v) is 2.34. The zero-order valence-electron chi connectivity index (χ0n) is 9.25. The number of nitrogens with two attached hydrogens (primary N) is 1. The van der Waals surface area contributed by atoms with Crippen LogP contribution in [-0.2, 0) is 0 Å². The quantitative estimate of drug-likeness (QED) is 0.808. The minimum Gasteiger partial charge on any atom is -0.496 e. The van der Waals surface area contributed by atoms with Crippen LogP contribution in [0.3, 0.4) is 0 Å². The van der Waals surface area contributed by atoms with Crippen LogP contribution in [-0.4, -0.2) is 23.4 Å². The van der Waals surface area contributed by atoms with Crippen molar-refractivity contribution in [3.8, 4) is 16.9 Å². The molecule has 0 radical (unpaired) electrons. The number of carbonyl (C=O) groups is 1. The summed E-state index contributed by atoms with van der Waals surface area (Å²) in [5.74, 6) is 0.864. The molecule has 5 heteroatoms. The Hall–Kier alpha value is -2.43. The summed E-state index contributed by atoms with van der Waals surface area (Å²) in [6, 6.07) is 5.14. The largest absolute Gasteiger partial charge is 0.496 e. The van der Waals surface area contributed by atoms with Crippen LogP contribution in [0, 0.1) is 0 Å². The van der Waals surface area contributed by atoms with Crippen LogP contribution in [0.4, 0.5) is 5.95 Å². The summed E-state index contributed by atoms with van der Waals surface area (Å²) in [5, 5.41) is 0. The maximum absolute atomic E-state index is 10.8. The lowest BCUT2D eigenvalue weighted by molar-refractivity contribution is 0.112. The van der Waals surface area contributed by atoms with Crippen LogP contribution in [0.1, 0.15) is 10.4 Å². The van der Waals surface area contributed by atoms with Gasteiger partial charge in [0.25, 0.3) is 0 Å². The number of nitrogens with zero attached hydrogens (tertiary/aromatic N) is 2. The molecule has 0 atom stereocenters. The summed E-state index contributed by atoms with van der Waals surface area (Å²) in [6.07, 6.45) is 3.96. The molecule has 86 valence electrons. The molecule has 0 amide bonds. The van der Waals surface area contributed by atoms with E-state index in [0.717, 1.165) is 17.4 Å². The first-order valence-electron chi connectivity index (χ1n) is 4.95. The first kappa shape index (κ1) is 11.1. The van der Waals surface area contributed by atoms with Gasteiger partial charge in [0.05, 0.1) is 7.11 Å². The number of anilines is 1. The Morgan fingerprint density at radius 2 is 2.00 bits per heavy atom. The summed E-state index contributed by atoms with van der Waals surface area (Å²) >= 11 is 0.